The van der Waals surface area contributed by atoms with E-state index in [0.29, 0.717) is 6.54 Å². The van der Waals surface area contributed by atoms with Crippen LogP contribution in [0.2, 0.25) is 0 Å². The molecule has 0 spiro atoms. The molecule has 0 radical (unpaired) electrons. The molecule has 0 atom stereocenters. The minimum Gasteiger partial charge on any atom is -0.330 e. The van der Waals surface area contributed by atoms with E-state index >= 15 is 0 Å². The molecule has 6 nitrogen and oxygen atoms in total. The first-order valence-electron chi connectivity index (χ1n) is 5.52. The van der Waals surface area contributed by atoms with Crippen LogP contribution in [0.15, 0.2) is 35.7 Å². The number of carbonyl (C=O) groups is 1. The monoisotopic (exact) mass is 243 g/mol. The van der Waals surface area contributed by atoms with Gasteiger partial charge in [-0.05, 0) is 17.7 Å². The second-order valence-electron chi connectivity index (χ2n) is 3.64. The minimum absolute atomic E-state index is 0.200. The summed E-state index contributed by atoms with van der Waals surface area (Å²) >= 11 is 0. The smallest absolute Gasteiger partial charge is 0.241 e. The van der Waals surface area contributed by atoms with Gasteiger partial charge in [0.2, 0.25) is 5.91 Å². The Bertz CT molecular complexity index is 581. The fourth-order valence-corrected chi connectivity index (χ4v) is 1.43. The lowest BCUT2D eigenvalue weighted by molar-refractivity contribution is -0.120. The quantitative estimate of drug-likeness (QED) is 0.601. The van der Waals surface area contributed by atoms with Gasteiger partial charge in [0.05, 0.1) is 17.2 Å². The summed E-state index contributed by atoms with van der Waals surface area (Å²) < 4.78 is 0. The first-order valence-corrected chi connectivity index (χ1v) is 5.52. The molecule has 0 aliphatic heterocycles. The van der Waals surface area contributed by atoms with Crippen LogP contribution in [0.25, 0.3) is 11.0 Å². The van der Waals surface area contributed by atoms with Gasteiger partial charge in [-0.1, -0.05) is 6.07 Å². The summed E-state index contributed by atoms with van der Waals surface area (Å²) in [6.07, 6.45) is 5.10. The SMILES string of the molecule is NCCC(=O)NN=Cc1ccc2nccnc2c1. The number of fused-ring (bicyclic) bond motifs is 1. The van der Waals surface area contributed by atoms with Crippen LogP contribution in [-0.4, -0.2) is 28.6 Å². The average Bonchev–Trinajstić information content (AvgIpc) is 2.39. The summed E-state index contributed by atoms with van der Waals surface area (Å²) in [5, 5.41) is 3.84. The second-order valence-corrected chi connectivity index (χ2v) is 3.64. The van der Waals surface area contributed by atoms with E-state index in [1.165, 1.54) is 0 Å². The predicted molar refractivity (Wildman–Crippen MR) is 68.9 cm³/mol. The summed E-state index contributed by atoms with van der Waals surface area (Å²) in [5.41, 5.74) is 10.1. The Balaban J connectivity index is 2.07. The molecule has 0 bridgehead atoms. The fourth-order valence-electron chi connectivity index (χ4n) is 1.43. The molecule has 0 aliphatic carbocycles. The molecule has 0 fully saturated rings. The lowest BCUT2D eigenvalue weighted by atomic mass is 10.2. The van der Waals surface area contributed by atoms with Gasteiger partial charge in [-0.3, -0.25) is 14.8 Å². The number of hydrazone groups is 1. The van der Waals surface area contributed by atoms with Crippen molar-refractivity contribution in [3.8, 4) is 0 Å². The molecule has 92 valence electrons. The van der Waals surface area contributed by atoms with Crippen LogP contribution in [0, 0.1) is 0 Å². The third kappa shape index (κ3) is 3.08. The van der Waals surface area contributed by atoms with E-state index in [0.717, 1.165) is 16.6 Å². The number of carbonyl (C=O) groups excluding carboxylic acids is 1. The number of aromatic nitrogens is 2. The van der Waals surface area contributed by atoms with Crippen molar-refractivity contribution in [2.24, 2.45) is 10.8 Å². The Morgan fingerprint density at radius 3 is 2.89 bits per heavy atom. The maximum Gasteiger partial charge on any atom is 0.241 e. The highest BCUT2D eigenvalue weighted by Gasteiger charge is 1.97. The van der Waals surface area contributed by atoms with Gasteiger partial charge in [-0.2, -0.15) is 5.10 Å². The number of nitrogens with two attached hydrogens (primary N) is 1. The van der Waals surface area contributed by atoms with E-state index in [4.69, 9.17) is 5.73 Å². The number of rotatable bonds is 4. The van der Waals surface area contributed by atoms with Gasteiger partial charge in [0.25, 0.3) is 0 Å². The zero-order valence-electron chi connectivity index (χ0n) is 9.71. The lowest BCUT2D eigenvalue weighted by Crippen LogP contribution is -2.20. The molecular weight excluding hydrogens is 230 g/mol. The topological polar surface area (TPSA) is 93.3 Å². The van der Waals surface area contributed by atoms with E-state index in [2.05, 4.69) is 20.5 Å². The normalized spacial score (nSPS) is 10.9. The van der Waals surface area contributed by atoms with Crippen LogP contribution in [0.5, 0.6) is 0 Å². The van der Waals surface area contributed by atoms with E-state index < -0.39 is 0 Å². The summed E-state index contributed by atoms with van der Waals surface area (Å²) in [7, 11) is 0. The minimum atomic E-state index is -0.200. The molecule has 2 aromatic rings. The maximum atomic E-state index is 11.1. The lowest BCUT2D eigenvalue weighted by Gasteiger charge is -1.98. The average molecular weight is 243 g/mol. The fraction of sp³-hybridized carbons (Fsp3) is 0.167. The van der Waals surface area contributed by atoms with Crippen molar-refractivity contribution < 1.29 is 4.79 Å². The number of hydrogen-bond donors (Lipinski definition) is 2. The molecule has 1 heterocycles. The van der Waals surface area contributed by atoms with Crippen LogP contribution >= 0.6 is 0 Å². The Kier molecular flexibility index (Phi) is 3.93. The number of amides is 1. The zero-order chi connectivity index (χ0) is 12.8. The Labute approximate surface area is 104 Å². The van der Waals surface area contributed by atoms with E-state index in [-0.39, 0.29) is 12.3 Å². The Morgan fingerprint density at radius 2 is 2.11 bits per heavy atom. The molecule has 18 heavy (non-hydrogen) atoms. The van der Waals surface area contributed by atoms with Gasteiger partial charge in [-0.25, -0.2) is 5.43 Å². The first-order chi connectivity index (χ1) is 8.79. The first kappa shape index (κ1) is 12.1. The zero-order valence-corrected chi connectivity index (χ0v) is 9.71. The van der Waals surface area contributed by atoms with Crippen molar-refractivity contribution in [1.29, 1.82) is 0 Å². The molecular formula is C12H13N5O. The molecule has 0 unspecified atom stereocenters. The van der Waals surface area contributed by atoms with Gasteiger partial charge >= 0.3 is 0 Å². The van der Waals surface area contributed by atoms with Crippen molar-refractivity contribution >= 4 is 23.2 Å². The van der Waals surface area contributed by atoms with Crippen LogP contribution in [0.4, 0.5) is 0 Å². The van der Waals surface area contributed by atoms with Crippen LogP contribution < -0.4 is 11.2 Å². The third-order valence-corrected chi connectivity index (χ3v) is 2.27. The second kappa shape index (κ2) is 5.83. The third-order valence-electron chi connectivity index (χ3n) is 2.27. The summed E-state index contributed by atoms with van der Waals surface area (Å²) in [5.74, 6) is -0.200. The molecule has 6 heteroatoms. The molecule has 0 aliphatic rings. The highest BCUT2D eigenvalue weighted by atomic mass is 16.2. The van der Waals surface area contributed by atoms with E-state index in [1.807, 2.05) is 18.2 Å². The highest BCUT2D eigenvalue weighted by Crippen LogP contribution is 2.08. The van der Waals surface area contributed by atoms with E-state index in [9.17, 15) is 4.79 Å². The van der Waals surface area contributed by atoms with Gasteiger partial charge in [-0.15, -0.1) is 0 Å². The number of nitrogens with zero attached hydrogens (tertiary/aromatic N) is 3. The molecule has 1 aromatic carbocycles. The number of nitrogens with one attached hydrogen (secondary N) is 1. The maximum absolute atomic E-state index is 11.1. The summed E-state index contributed by atoms with van der Waals surface area (Å²) in [6, 6.07) is 5.56. The number of benzene rings is 1. The van der Waals surface area contributed by atoms with Crippen LogP contribution in [0.1, 0.15) is 12.0 Å². The molecule has 0 saturated carbocycles. The van der Waals surface area contributed by atoms with Crippen molar-refractivity contribution in [2.45, 2.75) is 6.42 Å². The highest BCUT2D eigenvalue weighted by molar-refractivity contribution is 5.87. The standard InChI is InChI=1S/C12H13N5O/c13-4-3-12(18)17-16-8-9-1-2-10-11(7-9)15-6-5-14-10/h1-2,5-8H,3-4,13H2,(H,17,18). The molecule has 0 saturated heterocycles. The van der Waals surface area contributed by atoms with Crippen molar-refractivity contribution in [1.82, 2.24) is 15.4 Å². The van der Waals surface area contributed by atoms with E-state index in [1.54, 1.807) is 18.6 Å². The molecule has 3 N–H and O–H groups in total. The Morgan fingerprint density at radius 1 is 1.33 bits per heavy atom. The van der Waals surface area contributed by atoms with Crippen molar-refractivity contribution in [2.75, 3.05) is 6.54 Å². The van der Waals surface area contributed by atoms with Crippen LogP contribution in [-0.2, 0) is 4.79 Å². The van der Waals surface area contributed by atoms with Gasteiger partial charge < -0.3 is 5.73 Å². The van der Waals surface area contributed by atoms with Crippen molar-refractivity contribution in [3.63, 3.8) is 0 Å². The molecule has 1 aromatic heterocycles. The van der Waals surface area contributed by atoms with Gasteiger partial charge in [0, 0.05) is 25.4 Å². The van der Waals surface area contributed by atoms with Gasteiger partial charge in [0.15, 0.2) is 0 Å². The summed E-state index contributed by atoms with van der Waals surface area (Å²) in [4.78, 5) is 19.5. The molecule has 1 amide bonds. The van der Waals surface area contributed by atoms with Crippen molar-refractivity contribution in [3.05, 3.63) is 36.2 Å². The van der Waals surface area contributed by atoms with Gasteiger partial charge in [0.1, 0.15) is 0 Å². The van der Waals surface area contributed by atoms with Crippen LogP contribution in [0.3, 0.4) is 0 Å². The largest absolute Gasteiger partial charge is 0.330 e. The molecule has 2 rings (SSSR count). The summed E-state index contributed by atoms with van der Waals surface area (Å²) in [6.45, 7) is 0.312. The number of hydrogen-bond acceptors (Lipinski definition) is 5. The Hall–Kier alpha value is -2.34. The predicted octanol–water partition coefficient (Wildman–Crippen LogP) is 0.429.